The maximum absolute atomic E-state index is 5.54. The first-order chi connectivity index (χ1) is 6.68. The van der Waals surface area contributed by atoms with Crippen LogP contribution in [0.25, 0.3) is 0 Å². The Morgan fingerprint density at radius 2 is 2.29 bits per heavy atom. The van der Waals surface area contributed by atoms with E-state index in [1.54, 1.807) is 0 Å². The summed E-state index contributed by atoms with van der Waals surface area (Å²) in [6.45, 7) is 3.99. The molecule has 0 spiro atoms. The Morgan fingerprint density at radius 3 is 2.79 bits per heavy atom. The van der Waals surface area contributed by atoms with Crippen molar-refractivity contribution in [3.8, 4) is 0 Å². The zero-order chi connectivity index (χ0) is 10.1. The largest absolute Gasteiger partial charge is 0.464 e. The first-order valence-electron chi connectivity index (χ1n) is 4.50. The zero-order valence-electron chi connectivity index (χ0n) is 8.15. The van der Waals surface area contributed by atoms with Gasteiger partial charge in [0.1, 0.15) is 11.5 Å². The van der Waals surface area contributed by atoms with E-state index in [9.17, 15) is 0 Å². The molecule has 3 nitrogen and oxygen atoms in total. The van der Waals surface area contributed by atoms with Crippen LogP contribution >= 0.6 is 12.2 Å². The van der Waals surface area contributed by atoms with Crippen LogP contribution in [0.4, 0.5) is 0 Å². The highest BCUT2D eigenvalue weighted by Crippen LogP contribution is 2.20. The minimum absolute atomic E-state index is 0.141. The lowest BCUT2D eigenvalue weighted by Crippen LogP contribution is -2.04. The molecule has 14 heavy (non-hydrogen) atoms. The molecule has 0 aromatic carbocycles. The molecule has 0 aliphatic carbocycles. The molecule has 2 aromatic heterocycles. The zero-order valence-corrected chi connectivity index (χ0v) is 8.97. The lowest BCUT2D eigenvalue weighted by molar-refractivity contribution is 0.427. The molecule has 1 N–H and O–H groups in total. The second-order valence-electron chi connectivity index (χ2n) is 3.30. The average molecular weight is 208 g/mol. The highest BCUT2D eigenvalue weighted by molar-refractivity contribution is 7.71. The van der Waals surface area contributed by atoms with Gasteiger partial charge in [-0.15, -0.1) is 0 Å². The van der Waals surface area contributed by atoms with Crippen LogP contribution in [0.1, 0.15) is 24.5 Å². The van der Waals surface area contributed by atoms with Crippen LogP contribution < -0.4 is 0 Å². The molecule has 74 valence electrons. The third-order valence-corrected chi connectivity index (χ3v) is 2.60. The van der Waals surface area contributed by atoms with Crippen LogP contribution in [0, 0.1) is 11.7 Å². The van der Waals surface area contributed by atoms with Gasteiger partial charge in [-0.3, -0.25) is 0 Å². The molecule has 0 saturated carbocycles. The Hall–Kier alpha value is -1.29. The maximum atomic E-state index is 5.54. The Bertz CT molecular complexity index is 480. The summed E-state index contributed by atoms with van der Waals surface area (Å²) in [5.74, 6) is 1.85. The Morgan fingerprint density at radius 1 is 1.50 bits per heavy atom. The summed E-state index contributed by atoms with van der Waals surface area (Å²) in [6, 6.07) is 4.08. The van der Waals surface area contributed by atoms with Gasteiger partial charge in [0.25, 0.3) is 0 Å². The van der Waals surface area contributed by atoms with E-state index in [-0.39, 0.29) is 6.04 Å². The summed E-state index contributed by atoms with van der Waals surface area (Å²) in [5, 5.41) is 0. The van der Waals surface area contributed by atoms with Crippen LogP contribution in [0.3, 0.4) is 0 Å². The standard InChI is InChI=1S/C10H12N2OS/c1-7-3-4-9(13-7)8(2)12-6-5-11-10(12)14/h3-6,8H,1-2H3,(H,11,14). The van der Waals surface area contributed by atoms with Crippen LogP contribution in [-0.4, -0.2) is 9.55 Å². The van der Waals surface area contributed by atoms with Gasteiger partial charge in [0.15, 0.2) is 4.77 Å². The summed E-state index contributed by atoms with van der Waals surface area (Å²) in [6.07, 6.45) is 3.75. The average Bonchev–Trinajstić information content (AvgIpc) is 2.73. The third kappa shape index (κ3) is 1.53. The Kier molecular flexibility index (Phi) is 2.29. The first kappa shape index (κ1) is 9.27. The number of aromatic amines is 1. The van der Waals surface area contributed by atoms with Gasteiger partial charge in [0, 0.05) is 12.4 Å². The number of hydrogen-bond donors (Lipinski definition) is 1. The van der Waals surface area contributed by atoms with Crippen molar-refractivity contribution in [3.63, 3.8) is 0 Å². The van der Waals surface area contributed by atoms with Crippen molar-refractivity contribution in [2.45, 2.75) is 19.9 Å². The molecular weight excluding hydrogens is 196 g/mol. The van der Waals surface area contributed by atoms with E-state index in [2.05, 4.69) is 11.9 Å². The maximum Gasteiger partial charge on any atom is 0.177 e. The SMILES string of the molecule is Cc1ccc(C(C)n2cc[nH]c2=S)o1. The normalized spacial score (nSPS) is 13.0. The van der Waals surface area contributed by atoms with Gasteiger partial charge in [-0.2, -0.15) is 0 Å². The minimum Gasteiger partial charge on any atom is -0.464 e. The van der Waals surface area contributed by atoms with E-state index in [0.717, 1.165) is 11.5 Å². The summed E-state index contributed by atoms with van der Waals surface area (Å²) < 4.78 is 8.22. The van der Waals surface area contributed by atoms with Crippen molar-refractivity contribution >= 4 is 12.2 Å². The van der Waals surface area contributed by atoms with Crippen molar-refractivity contribution in [2.75, 3.05) is 0 Å². The summed E-state index contributed by atoms with van der Waals surface area (Å²) >= 11 is 5.13. The van der Waals surface area contributed by atoms with Crippen LogP contribution in [0.15, 0.2) is 28.9 Å². The van der Waals surface area contributed by atoms with Gasteiger partial charge in [-0.05, 0) is 38.2 Å². The van der Waals surface area contributed by atoms with Gasteiger partial charge in [0.2, 0.25) is 0 Å². The van der Waals surface area contributed by atoms with Gasteiger partial charge in [-0.1, -0.05) is 0 Å². The van der Waals surface area contributed by atoms with E-state index in [1.165, 1.54) is 0 Å². The van der Waals surface area contributed by atoms with Crippen LogP contribution in [0.5, 0.6) is 0 Å². The molecule has 4 heteroatoms. The molecule has 2 rings (SSSR count). The Balaban J connectivity index is 2.38. The van der Waals surface area contributed by atoms with E-state index in [0.29, 0.717) is 4.77 Å². The monoisotopic (exact) mass is 208 g/mol. The number of nitrogens with one attached hydrogen (secondary N) is 1. The van der Waals surface area contributed by atoms with Crippen LogP contribution in [0.2, 0.25) is 0 Å². The lowest BCUT2D eigenvalue weighted by atomic mass is 10.2. The predicted octanol–water partition coefficient (Wildman–Crippen LogP) is 3.06. The molecule has 0 radical (unpaired) electrons. The highest BCUT2D eigenvalue weighted by atomic mass is 32.1. The van der Waals surface area contributed by atoms with Gasteiger partial charge in [-0.25, -0.2) is 0 Å². The topological polar surface area (TPSA) is 33.9 Å². The molecule has 2 aromatic rings. The molecule has 0 amide bonds. The minimum atomic E-state index is 0.141. The first-order valence-corrected chi connectivity index (χ1v) is 4.91. The quantitative estimate of drug-likeness (QED) is 0.769. The molecule has 0 aliphatic heterocycles. The van der Waals surface area contributed by atoms with Crippen molar-refractivity contribution in [2.24, 2.45) is 0 Å². The molecule has 0 saturated heterocycles. The number of hydrogen-bond acceptors (Lipinski definition) is 2. The lowest BCUT2D eigenvalue weighted by Gasteiger charge is -2.09. The summed E-state index contributed by atoms with van der Waals surface area (Å²) in [7, 11) is 0. The number of furan rings is 1. The van der Waals surface area contributed by atoms with E-state index in [4.69, 9.17) is 16.6 Å². The van der Waals surface area contributed by atoms with Crippen molar-refractivity contribution in [1.82, 2.24) is 9.55 Å². The third-order valence-electron chi connectivity index (χ3n) is 2.27. The van der Waals surface area contributed by atoms with Crippen molar-refractivity contribution in [1.29, 1.82) is 0 Å². The number of imidazole rings is 1. The fourth-order valence-electron chi connectivity index (χ4n) is 1.45. The Labute approximate surface area is 87.4 Å². The molecule has 0 fully saturated rings. The fourth-order valence-corrected chi connectivity index (χ4v) is 1.74. The molecule has 0 aliphatic rings. The second-order valence-corrected chi connectivity index (χ2v) is 3.68. The van der Waals surface area contributed by atoms with E-state index in [1.807, 2.05) is 36.0 Å². The number of H-pyrrole nitrogens is 1. The summed E-state index contributed by atoms with van der Waals surface area (Å²) in [4.78, 5) is 2.96. The fraction of sp³-hybridized carbons (Fsp3) is 0.300. The number of aryl methyl sites for hydroxylation is 1. The smallest absolute Gasteiger partial charge is 0.177 e. The van der Waals surface area contributed by atoms with Crippen molar-refractivity contribution in [3.05, 3.63) is 40.8 Å². The number of rotatable bonds is 2. The molecule has 1 atom stereocenters. The number of aromatic nitrogens is 2. The van der Waals surface area contributed by atoms with Crippen molar-refractivity contribution < 1.29 is 4.42 Å². The highest BCUT2D eigenvalue weighted by Gasteiger charge is 2.11. The van der Waals surface area contributed by atoms with E-state index >= 15 is 0 Å². The van der Waals surface area contributed by atoms with Gasteiger partial charge >= 0.3 is 0 Å². The molecule has 1 unspecified atom stereocenters. The summed E-state index contributed by atoms with van der Waals surface area (Å²) in [5.41, 5.74) is 0. The second kappa shape index (κ2) is 3.46. The molecule has 0 bridgehead atoms. The van der Waals surface area contributed by atoms with Gasteiger partial charge in [0.05, 0.1) is 6.04 Å². The molecule has 2 heterocycles. The predicted molar refractivity (Wildman–Crippen MR) is 56.9 cm³/mol. The van der Waals surface area contributed by atoms with E-state index < -0.39 is 0 Å². The molecular formula is C10H12N2OS. The number of nitrogens with zero attached hydrogens (tertiary/aromatic N) is 1. The van der Waals surface area contributed by atoms with Crippen LogP contribution in [-0.2, 0) is 0 Å². The van der Waals surface area contributed by atoms with Gasteiger partial charge < -0.3 is 14.0 Å².